The Morgan fingerprint density at radius 3 is 2.35 bits per heavy atom. The molecule has 0 spiro atoms. The van der Waals surface area contributed by atoms with Crippen molar-refractivity contribution in [2.75, 3.05) is 0 Å². The van der Waals surface area contributed by atoms with Gasteiger partial charge in [-0.15, -0.1) is 0 Å². The normalized spacial score (nSPS) is 16.7. The van der Waals surface area contributed by atoms with Crippen LogP contribution in [-0.4, -0.2) is 5.71 Å². The van der Waals surface area contributed by atoms with Gasteiger partial charge in [-0.1, -0.05) is 71.9 Å². The highest BCUT2D eigenvalue weighted by Gasteiger charge is 2.19. The van der Waals surface area contributed by atoms with Crippen molar-refractivity contribution < 1.29 is 0 Å². The second-order valence-corrected chi connectivity index (χ2v) is 7.47. The number of fused-ring (bicyclic) bond motifs is 1. The topological polar surface area (TPSA) is 12.4 Å². The lowest BCUT2D eigenvalue weighted by molar-refractivity contribution is 0.952. The fourth-order valence-corrected chi connectivity index (χ4v) is 3.99. The maximum Gasteiger partial charge on any atom is 0.0749 e. The van der Waals surface area contributed by atoms with Crippen molar-refractivity contribution in [1.29, 1.82) is 0 Å². The van der Waals surface area contributed by atoms with Crippen LogP contribution in [0.4, 0.5) is 5.69 Å². The van der Waals surface area contributed by atoms with E-state index in [1.165, 1.54) is 27.2 Å². The van der Waals surface area contributed by atoms with Gasteiger partial charge in [0.25, 0.3) is 0 Å². The molecule has 0 aliphatic heterocycles. The Bertz CT molecular complexity index is 953. The highest BCUT2D eigenvalue weighted by atomic mass is 32.2. The van der Waals surface area contributed by atoms with Crippen LogP contribution in [0, 0.1) is 6.92 Å². The number of aliphatic imine (C=N–C) groups is 1. The SMILES string of the molecule is Cc1ccc(/N=C2/C(=C/Sc3ccccc3)CCc3ccccc32)cc1. The van der Waals surface area contributed by atoms with Crippen LogP contribution in [0.2, 0.25) is 0 Å². The summed E-state index contributed by atoms with van der Waals surface area (Å²) in [5, 5.41) is 2.28. The molecule has 0 aromatic heterocycles. The summed E-state index contributed by atoms with van der Waals surface area (Å²) < 4.78 is 0. The zero-order valence-electron chi connectivity index (χ0n) is 14.9. The third kappa shape index (κ3) is 3.81. The molecular weight excluding hydrogens is 334 g/mol. The van der Waals surface area contributed by atoms with Crippen molar-refractivity contribution in [3.05, 3.63) is 107 Å². The largest absolute Gasteiger partial charge is 0.248 e. The summed E-state index contributed by atoms with van der Waals surface area (Å²) in [6, 6.07) is 27.6. The van der Waals surface area contributed by atoms with E-state index in [0.717, 1.165) is 24.2 Å². The maximum atomic E-state index is 5.03. The summed E-state index contributed by atoms with van der Waals surface area (Å²) in [5.74, 6) is 0. The molecule has 0 saturated heterocycles. The lowest BCUT2D eigenvalue weighted by Gasteiger charge is -2.21. The van der Waals surface area contributed by atoms with Gasteiger partial charge in [0.15, 0.2) is 0 Å². The van der Waals surface area contributed by atoms with Crippen LogP contribution in [0.1, 0.15) is 23.1 Å². The van der Waals surface area contributed by atoms with Gasteiger partial charge in [-0.25, -0.2) is 4.99 Å². The van der Waals surface area contributed by atoms with E-state index < -0.39 is 0 Å². The Labute approximate surface area is 159 Å². The van der Waals surface area contributed by atoms with Crippen molar-refractivity contribution in [2.24, 2.45) is 4.99 Å². The average molecular weight is 356 g/mol. The molecule has 3 aromatic carbocycles. The van der Waals surface area contributed by atoms with E-state index in [-0.39, 0.29) is 0 Å². The predicted molar refractivity (Wildman–Crippen MR) is 113 cm³/mol. The van der Waals surface area contributed by atoms with Crippen LogP contribution in [0.25, 0.3) is 0 Å². The number of nitrogens with zero attached hydrogens (tertiary/aromatic N) is 1. The first-order chi connectivity index (χ1) is 12.8. The molecule has 0 saturated carbocycles. The Kier molecular flexibility index (Phi) is 5.03. The maximum absolute atomic E-state index is 5.03. The molecule has 0 amide bonds. The van der Waals surface area contributed by atoms with Crippen LogP contribution in [0.15, 0.2) is 99.7 Å². The molecule has 0 atom stereocenters. The number of benzene rings is 3. The number of rotatable bonds is 3. The molecular formula is C24H21NS. The summed E-state index contributed by atoms with van der Waals surface area (Å²) in [6.07, 6.45) is 2.10. The number of allylic oxidation sites excluding steroid dienone is 1. The molecule has 0 heterocycles. The minimum Gasteiger partial charge on any atom is -0.248 e. The van der Waals surface area contributed by atoms with Crippen LogP contribution >= 0.6 is 11.8 Å². The molecule has 2 heteroatoms. The van der Waals surface area contributed by atoms with E-state index in [9.17, 15) is 0 Å². The highest BCUT2D eigenvalue weighted by molar-refractivity contribution is 8.02. The van der Waals surface area contributed by atoms with Crippen LogP contribution in [0.5, 0.6) is 0 Å². The van der Waals surface area contributed by atoms with Gasteiger partial charge in [0, 0.05) is 10.5 Å². The monoisotopic (exact) mass is 355 g/mol. The molecule has 128 valence electrons. The lowest BCUT2D eigenvalue weighted by Crippen LogP contribution is -2.14. The highest BCUT2D eigenvalue weighted by Crippen LogP contribution is 2.31. The first kappa shape index (κ1) is 16.9. The molecule has 0 N–H and O–H groups in total. The number of thioether (sulfide) groups is 1. The molecule has 4 rings (SSSR count). The van der Waals surface area contributed by atoms with Gasteiger partial charge in [-0.05, 0) is 60.6 Å². The summed E-state index contributed by atoms with van der Waals surface area (Å²) >= 11 is 1.78. The fraction of sp³-hybridized carbons (Fsp3) is 0.125. The van der Waals surface area contributed by atoms with Crippen LogP contribution < -0.4 is 0 Å². The first-order valence-electron chi connectivity index (χ1n) is 8.94. The summed E-state index contributed by atoms with van der Waals surface area (Å²) in [4.78, 5) is 6.29. The summed E-state index contributed by atoms with van der Waals surface area (Å²) in [6.45, 7) is 2.11. The van der Waals surface area contributed by atoms with Crippen LogP contribution in [-0.2, 0) is 6.42 Å². The van der Waals surface area contributed by atoms with E-state index in [2.05, 4.69) is 91.2 Å². The molecule has 0 fully saturated rings. The quantitative estimate of drug-likeness (QED) is 0.474. The Morgan fingerprint density at radius 2 is 1.54 bits per heavy atom. The van der Waals surface area contributed by atoms with Crippen LogP contribution in [0.3, 0.4) is 0 Å². The first-order valence-corrected chi connectivity index (χ1v) is 9.82. The average Bonchev–Trinajstić information content (AvgIpc) is 2.70. The minimum atomic E-state index is 1.01. The molecule has 1 aliphatic rings. The van der Waals surface area contributed by atoms with E-state index >= 15 is 0 Å². The van der Waals surface area contributed by atoms with Gasteiger partial charge in [0.1, 0.15) is 0 Å². The van der Waals surface area contributed by atoms with Crippen molar-refractivity contribution >= 4 is 23.2 Å². The number of hydrogen-bond acceptors (Lipinski definition) is 2. The summed E-state index contributed by atoms with van der Waals surface area (Å²) in [5.41, 5.74) is 7.35. The zero-order chi connectivity index (χ0) is 17.8. The molecule has 0 radical (unpaired) electrons. The van der Waals surface area contributed by atoms with Gasteiger partial charge in [-0.3, -0.25) is 0 Å². The molecule has 26 heavy (non-hydrogen) atoms. The second-order valence-electron chi connectivity index (χ2n) is 6.53. The Morgan fingerprint density at radius 1 is 0.808 bits per heavy atom. The third-order valence-electron chi connectivity index (χ3n) is 4.60. The van der Waals surface area contributed by atoms with Gasteiger partial charge >= 0.3 is 0 Å². The van der Waals surface area contributed by atoms with Gasteiger partial charge in [0.2, 0.25) is 0 Å². The standard InChI is InChI=1S/C24H21NS/c1-18-11-15-21(16-12-18)25-24-20(17-26-22-8-3-2-4-9-22)14-13-19-7-5-6-10-23(19)24/h2-12,15-17H,13-14H2,1H3/b20-17+,25-24-. The van der Waals surface area contributed by atoms with E-state index in [1.807, 2.05) is 0 Å². The van der Waals surface area contributed by atoms with Gasteiger partial charge in [-0.2, -0.15) is 0 Å². The zero-order valence-corrected chi connectivity index (χ0v) is 15.7. The molecule has 3 aromatic rings. The Hall–Kier alpha value is -2.58. The van der Waals surface area contributed by atoms with E-state index in [4.69, 9.17) is 4.99 Å². The molecule has 0 bridgehead atoms. The lowest BCUT2D eigenvalue weighted by atomic mass is 9.87. The second kappa shape index (κ2) is 7.76. The predicted octanol–water partition coefficient (Wildman–Crippen LogP) is 6.74. The van der Waals surface area contributed by atoms with E-state index in [1.54, 1.807) is 11.8 Å². The molecule has 1 aliphatic carbocycles. The fourth-order valence-electron chi connectivity index (χ4n) is 3.16. The third-order valence-corrected chi connectivity index (χ3v) is 5.54. The molecule has 1 nitrogen and oxygen atoms in total. The number of aryl methyl sites for hydroxylation is 2. The van der Waals surface area contributed by atoms with Crippen molar-refractivity contribution in [3.8, 4) is 0 Å². The van der Waals surface area contributed by atoms with E-state index in [0.29, 0.717) is 0 Å². The van der Waals surface area contributed by atoms with Gasteiger partial charge in [0.05, 0.1) is 11.4 Å². The summed E-state index contributed by atoms with van der Waals surface area (Å²) in [7, 11) is 0. The van der Waals surface area contributed by atoms with Crippen molar-refractivity contribution in [2.45, 2.75) is 24.7 Å². The number of hydrogen-bond donors (Lipinski definition) is 0. The van der Waals surface area contributed by atoms with Crippen molar-refractivity contribution in [3.63, 3.8) is 0 Å². The smallest absolute Gasteiger partial charge is 0.0749 e. The van der Waals surface area contributed by atoms with Crippen molar-refractivity contribution in [1.82, 2.24) is 0 Å². The van der Waals surface area contributed by atoms with Gasteiger partial charge < -0.3 is 0 Å². The minimum absolute atomic E-state index is 1.01. The molecule has 0 unspecified atom stereocenters. The Balaban J connectivity index is 1.74.